The van der Waals surface area contributed by atoms with Gasteiger partial charge in [-0.15, -0.1) is 11.3 Å². The predicted octanol–water partition coefficient (Wildman–Crippen LogP) is 4.69. The molecular weight excluding hydrogens is 411 g/mol. The van der Waals surface area contributed by atoms with Crippen LogP contribution < -0.4 is 10.1 Å². The van der Waals surface area contributed by atoms with Crippen LogP contribution in [0.15, 0.2) is 29.9 Å². The summed E-state index contributed by atoms with van der Waals surface area (Å²) in [5.41, 5.74) is 1.52. The first-order chi connectivity index (χ1) is 13.9. The van der Waals surface area contributed by atoms with Gasteiger partial charge in [-0.25, -0.2) is 15.0 Å². The third-order valence-electron chi connectivity index (χ3n) is 3.97. The van der Waals surface area contributed by atoms with Crippen LogP contribution in [0.25, 0.3) is 10.9 Å². The van der Waals surface area contributed by atoms with Crippen LogP contribution in [0.2, 0.25) is 0 Å². The number of hydrogen-bond acceptors (Lipinski definition) is 9. The molecule has 0 saturated heterocycles. The third-order valence-corrected chi connectivity index (χ3v) is 6.48. The van der Waals surface area contributed by atoms with Gasteiger partial charge in [-0.05, 0) is 32.0 Å². The molecule has 2 atom stereocenters. The predicted molar refractivity (Wildman–Crippen MR) is 116 cm³/mol. The lowest BCUT2D eigenvalue weighted by Crippen LogP contribution is -2.17. The van der Waals surface area contributed by atoms with Crippen molar-refractivity contribution in [1.82, 2.24) is 15.0 Å². The Hall–Kier alpha value is -2.06. The van der Waals surface area contributed by atoms with Crippen LogP contribution >= 0.6 is 18.7 Å². The molecule has 0 bridgehead atoms. The van der Waals surface area contributed by atoms with E-state index in [1.54, 1.807) is 13.8 Å². The summed E-state index contributed by atoms with van der Waals surface area (Å²) in [5, 5.41) is 6.60. The van der Waals surface area contributed by atoms with Crippen molar-refractivity contribution in [3.8, 4) is 5.75 Å². The van der Waals surface area contributed by atoms with Gasteiger partial charge in [0, 0.05) is 24.5 Å². The topological polar surface area (TPSA) is 95.5 Å². The maximum absolute atomic E-state index is 12.4. The van der Waals surface area contributed by atoms with Crippen molar-refractivity contribution in [3.05, 3.63) is 35.6 Å². The second kappa shape index (κ2) is 9.63. The Balaban J connectivity index is 1.80. The summed E-state index contributed by atoms with van der Waals surface area (Å²) in [7, 11) is -1.04. The molecule has 3 aromatic rings. The minimum Gasteiger partial charge on any atom is -0.488 e. The number of aromatic nitrogens is 3. The Morgan fingerprint density at radius 2 is 2.14 bits per heavy atom. The number of rotatable bonds is 10. The highest BCUT2D eigenvalue weighted by Gasteiger charge is 2.18. The molecule has 1 aromatic carbocycles. The lowest BCUT2D eigenvalue weighted by atomic mass is 10.2. The molecule has 1 unspecified atom stereocenters. The molecule has 156 valence electrons. The standard InChI is InChI=1S/C19H25N4O4PS/c1-5-26-28(4,24)10-14-11-29-19(22-14)23-18-16-8-15(27-13(2)9-25-3)6-7-17(16)20-12-21-18/h6-8,11-13H,5,9-10H2,1-4H3,(H,20,21,22,23)/t13-,28?/m0/s1. The Morgan fingerprint density at radius 1 is 1.31 bits per heavy atom. The summed E-state index contributed by atoms with van der Waals surface area (Å²) < 4.78 is 28.7. The largest absolute Gasteiger partial charge is 0.488 e. The number of anilines is 2. The van der Waals surface area contributed by atoms with Crippen LogP contribution in [0.5, 0.6) is 5.75 Å². The van der Waals surface area contributed by atoms with Gasteiger partial charge in [0.25, 0.3) is 0 Å². The molecule has 0 radical (unpaired) electrons. The van der Waals surface area contributed by atoms with Crippen molar-refractivity contribution >= 4 is 40.6 Å². The van der Waals surface area contributed by atoms with Crippen LogP contribution in [0.3, 0.4) is 0 Å². The van der Waals surface area contributed by atoms with E-state index in [0.29, 0.717) is 36.1 Å². The third kappa shape index (κ3) is 5.96. The van der Waals surface area contributed by atoms with E-state index in [1.807, 2.05) is 37.4 Å². The smallest absolute Gasteiger partial charge is 0.206 e. The van der Waals surface area contributed by atoms with Gasteiger partial charge in [-0.2, -0.15) is 0 Å². The quantitative estimate of drug-likeness (QED) is 0.458. The first kappa shape index (κ1) is 21.6. The summed E-state index contributed by atoms with van der Waals surface area (Å²) in [4.78, 5) is 13.2. The lowest BCUT2D eigenvalue weighted by Gasteiger charge is -2.14. The maximum atomic E-state index is 12.4. The van der Waals surface area contributed by atoms with Crippen molar-refractivity contribution in [3.63, 3.8) is 0 Å². The number of fused-ring (bicyclic) bond motifs is 1. The van der Waals surface area contributed by atoms with E-state index in [0.717, 1.165) is 16.6 Å². The van der Waals surface area contributed by atoms with Crippen molar-refractivity contribution < 1.29 is 18.6 Å². The Labute approximate surface area is 174 Å². The van der Waals surface area contributed by atoms with Crippen LogP contribution in [-0.4, -0.2) is 48.0 Å². The van der Waals surface area contributed by atoms with Gasteiger partial charge in [0.15, 0.2) is 5.13 Å². The van der Waals surface area contributed by atoms with Crippen LogP contribution in [0.1, 0.15) is 19.5 Å². The lowest BCUT2D eigenvalue weighted by molar-refractivity contribution is 0.0922. The second-order valence-electron chi connectivity index (χ2n) is 6.64. The highest BCUT2D eigenvalue weighted by atomic mass is 32.1. The van der Waals surface area contributed by atoms with Gasteiger partial charge < -0.3 is 19.3 Å². The van der Waals surface area contributed by atoms with E-state index >= 15 is 0 Å². The number of methoxy groups -OCH3 is 1. The molecule has 29 heavy (non-hydrogen) atoms. The number of nitrogens with zero attached hydrogens (tertiary/aromatic N) is 3. The molecule has 8 nitrogen and oxygen atoms in total. The van der Waals surface area contributed by atoms with Gasteiger partial charge in [-0.1, -0.05) is 0 Å². The van der Waals surface area contributed by atoms with Crippen LogP contribution in [-0.2, 0) is 20.0 Å². The summed E-state index contributed by atoms with van der Waals surface area (Å²) in [6.07, 6.45) is 1.73. The number of thiazole rings is 1. The number of hydrogen-bond donors (Lipinski definition) is 1. The normalized spacial score (nSPS) is 14.5. The Kier molecular flexibility index (Phi) is 7.18. The number of ether oxygens (including phenoxy) is 2. The molecule has 3 rings (SSSR count). The van der Waals surface area contributed by atoms with Gasteiger partial charge in [0.05, 0.1) is 30.6 Å². The molecule has 0 aliphatic heterocycles. The summed E-state index contributed by atoms with van der Waals surface area (Å²) >= 11 is 1.43. The molecule has 10 heteroatoms. The number of benzene rings is 1. The highest BCUT2D eigenvalue weighted by Crippen LogP contribution is 2.46. The van der Waals surface area contributed by atoms with E-state index in [1.165, 1.54) is 17.7 Å². The molecule has 2 aromatic heterocycles. The average molecular weight is 436 g/mol. The molecule has 2 heterocycles. The van der Waals surface area contributed by atoms with E-state index in [9.17, 15) is 4.57 Å². The Bertz CT molecular complexity index is 1010. The van der Waals surface area contributed by atoms with Crippen molar-refractivity contribution in [1.29, 1.82) is 0 Å². The van der Waals surface area contributed by atoms with Crippen molar-refractivity contribution in [2.75, 3.05) is 32.3 Å². The van der Waals surface area contributed by atoms with Crippen molar-refractivity contribution in [2.45, 2.75) is 26.1 Å². The summed E-state index contributed by atoms with van der Waals surface area (Å²) in [6, 6.07) is 5.66. The summed E-state index contributed by atoms with van der Waals surface area (Å²) in [6.45, 7) is 6.33. The van der Waals surface area contributed by atoms with E-state index in [2.05, 4.69) is 20.3 Å². The van der Waals surface area contributed by atoms with Crippen LogP contribution in [0, 0.1) is 0 Å². The zero-order chi connectivity index (χ0) is 20.9. The van der Waals surface area contributed by atoms with Gasteiger partial charge in [0.1, 0.15) is 24.0 Å². The number of nitrogens with one attached hydrogen (secondary N) is 1. The van der Waals surface area contributed by atoms with Gasteiger partial charge >= 0.3 is 0 Å². The fourth-order valence-corrected chi connectivity index (χ4v) is 5.08. The Morgan fingerprint density at radius 3 is 2.90 bits per heavy atom. The molecule has 0 saturated carbocycles. The zero-order valence-electron chi connectivity index (χ0n) is 16.9. The first-order valence-corrected chi connectivity index (χ1v) is 12.4. The molecule has 1 N–H and O–H groups in total. The van der Waals surface area contributed by atoms with E-state index in [-0.39, 0.29) is 6.10 Å². The average Bonchev–Trinajstić information content (AvgIpc) is 3.08. The molecule has 0 aliphatic carbocycles. The molecule has 0 aliphatic rings. The molecule has 0 spiro atoms. The van der Waals surface area contributed by atoms with E-state index < -0.39 is 7.37 Å². The minimum absolute atomic E-state index is 0.0740. The molecular formula is C19H25N4O4PS. The summed E-state index contributed by atoms with van der Waals surface area (Å²) in [5.74, 6) is 1.34. The maximum Gasteiger partial charge on any atom is 0.206 e. The monoisotopic (exact) mass is 436 g/mol. The first-order valence-electron chi connectivity index (χ1n) is 9.23. The van der Waals surface area contributed by atoms with Crippen molar-refractivity contribution in [2.24, 2.45) is 0 Å². The highest BCUT2D eigenvalue weighted by molar-refractivity contribution is 7.57. The SMILES string of the molecule is CCOP(C)(=O)Cc1csc(Nc2ncnc3ccc(O[C@@H](C)COC)cc23)n1. The molecule has 0 fully saturated rings. The second-order valence-corrected chi connectivity index (χ2v) is 10.1. The zero-order valence-corrected chi connectivity index (χ0v) is 18.6. The van der Waals surface area contributed by atoms with Crippen LogP contribution in [0.4, 0.5) is 10.9 Å². The minimum atomic E-state index is -2.68. The van der Waals surface area contributed by atoms with Gasteiger partial charge in [0.2, 0.25) is 7.37 Å². The van der Waals surface area contributed by atoms with Gasteiger partial charge in [-0.3, -0.25) is 4.57 Å². The fourth-order valence-electron chi connectivity index (χ4n) is 2.86. The van der Waals surface area contributed by atoms with E-state index in [4.69, 9.17) is 14.0 Å². The molecule has 0 amide bonds. The fraction of sp³-hybridized carbons (Fsp3) is 0.421.